The molecule has 0 aliphatic carbocycles. The summed E-state index contributed by atoms with van der Waals surface area (Å²) in [4.78, 5) is 10.2. The van der Waals surface area contributed by atoms with Crippen molar-refractivity contribution < 1.29 is 26.4 Å². The third kappa shape index (κ3) is 1.92. The number of alkyl halides is 3. The van der Waals surface area contributed by atoms with Gasteiger partial charge in [-0.25, -0.2) is 8.42 Å². The van der Waals surface area contributed by atoms with Gasteiger partial charge in [0.2, 0.25) is 0 Å². The Labute approximate surface area is 61.1 Å². The zero-order chi connectivity index (χ0) is 9.28. The second-order valence-electron chi connectivity index (χ2n) is 1.67. The third-order valence-corrected chi connectivity index (χ3v) is 2.39. The lowest BCUT2D eigenvalue weighted by Gasteiger charge is -2.03. The Balaban J connectivity index is 4.93. The van der Waals surface area contributed by atoms with Gasteiger partial charge in [0, 0.05) is 6.42 Å². The Hall–Kier alpha value is -0.590. The number of hydrogen-bond acceptors (Lipinski definition) is 3. The normalized spacial score (nSPS) is 13.1. The van der Waals surface area contributed by atoms with Gasteiger partial charge >= 0.3 is 15.3 Å². The Morgan fingerprint density at radius 3 is 1.82 bits per heavy atom. The number of halogens is 3. The molecule has 11 heavy (non-hydrogen) atoms. The molecular weight excluding hydrogens is 185 g/mol. The zero-order valence-electron chi connectivity index (χ0n) is 5.47. The fourth-order valence-electron chi connectivity index (χ4n) is 0.319. The quantitative estimate of drug-likeness (QED) is 0.616. The summed E-state index contributed by atoms with van der Waals surface area (Å²) in [7, 11) is -5.57. The van der Waals surface area contributed by atoms with Gasteiger partial charge in [-0.15, -0.1) is 0 Å². The molecule has 0 heterocycles. The lowest BCUT2D eigenvalue weighted by molar-refractivity contribution is -0.113. The lowest BCUT2D eigenvalue weighted by Crippen LogP contribution is -2.30. The van der Waals surface area contributed by atoms with Crippen molar-refractivity contribution in [1.82, 2.24) is 0 Å². The molecule has 0 saturated carbocycles. The van der Waals surface area contributed by atoms with E-state index >= 15 is 0 Å². The van der Waals surface area contributed by atoms with Crippen molar-refractivity contribution >= 4 is 15.0 Å². The van der Waals surface area contributed by atoms with Crippen molar-refractivity contribution in [2.45, 2.75) is 18.9 Å². The van der Waals surface area contributed by atoms with Crippen LogP contribution in [0, 0.1) is 0 Å². The summed E-state index contributed by atoms with van der Waals surface area (Å²) >= 11 is 0. The summed E-state index contributed by atoms with van der Waals surface area (Å²) in [5.41, 5.74) is -5.46. The van der Waals surface area contributed by atoms with Crippen LogP contribution in [0.15, 0.2) is 0 Å². The molecule has 0 fully saturated rings. The van der Waals surface area contributed by atoms with E-state index in [4.69, 9.17) is 0 Å². The minimum absolute atomic E-state index is 0.665. The maximum Gasteiger partial charge on any atom is 0.504 e. The van der Waals surface area contributed by atoms with Gasteiger partial charge in [-0.05, 0) is 0 Å². The first-order valence-electron chi connectivity index (χ1n) is 2.57. The standard InChI is InChI=1S/C4H5F3O3S/c1-2-3(8)11(9,10)4(5,6)7/h2H2,1H3. The monoisotopic (exact) mass is 190 g/mol. The summed E-state index contributed by atoms with van der Waals surface area (Å²) < 4.78 is 54.6. The Morgan fingerprint density at radius 2 is 1.73 bits per heavy atom. The van der Waals surface area contributed by atoms with Crippen LogP contribution in [0.1, 0.15) is 13.3 Å². The van der Waals surface area contributed by atoms with Gasteiger partial charge in [0.05, 0.1) is 0 Å². The first kappa shape index (κ1) is 10.4. The molecule has 7 heteroatoms. The lowest BCUT2D eigenvalue weighted by atomic mass is 10.6. The van der Waals surface area contributed by atoms with Crippen LogP contribution in [0.25, 0.3) is 0 Å². The summed E-state index contributed by atoms with van der Waals surface area (Å²) in [5, 5.41) is -1.80. The van der Waals surface area contributed by atoms with Crippen molar-refractivity contribution in [1.29, 1.82) is 0 Å². The first-order chi connectivity index (χ1) is 4.73. The van der Waals surface area contributed by atoms with E-state index in [0.717, 1.165) is 6.92 Å². The van der Waals surface area contributed by atoms with Gasteiger partial charge in [-0.1, -0.05) is 6.92 Å². The molecule has 0 aromatic heterocycles. The molecule has 0 unspecified atom stereocenters. The van der Waals surface area contributed by atoms with Gasteiger partial charge < -0.3 is 0 Å². The van der Waals surface area contributed by atoms with Crippen molar-refractivity contribution in [3.05, 3.63) is 0 Å². The molecule has 0 radical (unpaired) electrons. The molecule has 3 nitrogen and oxygen atoms in total. The first-order valence-corrected chi connectivity index (χ1v) is 4.06. The van der Waals surface area contributed by atoms with Crippen LogP contribution >= 0.6 is 0 Å². The van der Waals surface area contributed by atoms with Crippen molar-refractivity contribution in [3.8, 4) is 0 Å². The number of hydrogen-bond donors (Lipinski definition) is 0. The molecule has 0 aromatic carbocycles. The summed E-state index contributed by atoms with van der Waals surface area (Å²) in [6.07, 6.45) is -0.665. The molecule has 0 N–H and O–H groups in total. The van der Waals surface area contributed by atoms with Gasteiger partial charge in [0.1, 0.15) is 0 Å². The number of sulfone groups is 1. The Bertz CT molecular complexity index is 250. The van der Waals surface area contributed by atoms with Crippen molar-refractivity contribution in [3.63, 3.8) is 0 Å². The largest absolute Gasteiger partial charge is 0.504 e. The molecule has 0 spiro atoms. The van der Waals surface area contributed by atoms with Gasteiger partial charge in [-0.3, -0.25) is 4.79 Å². The smallest absolute Gasteiger partial charge is 0.281 e. The Morgan fingerprint density at radius 1 is 1.36 bits per heavy atom. The molecule has 0 atom stereocenters. The van der Waals surface area contributed by atoms with Crippen LogP contribution in [-0.2, 0) is 14.6 Å². The molecule has 0 rings (SSSR count). The van der Waals surface area contributed by atoms with E-state index in [1.807, 2.05) is 0 Å². The third-order valence-electron chi connectivity index (χ3n) is 0.893. The predicted molar refractivity (Wildman–Crippen MR) is 30.3 cm³/mol. The van der Waals surface area contributed by atoms with Gasteiger partial charge in [-0.2, -0.15) is 13.2 Å². The molecule has 0 saturated heterocycles. The number of carbonyl (C=O) groups is 1. The van der Waals surface area contributed by atoms with E-state index in [1.165, 1.54) is 0 Å². The second kappa shape index (κ2) is 2.80. The molecule has 66 valence electrons. The highest BCUT2D eigenvalue weighted by molar-refractivity contribution is 8.06. The average Bonchev–Trinajstić information content (AvgIpc) is 1.83. The van der Waals surface area contributed by atoms with Gasteiger partial charge in [0.25, 0.3) is 5.12 Å². The predicted octanol–water partition coefficient (Wildman–Crippen LogP) is 0.858. The van der Waals surface area contributed by atoms with E-state index in [1.54, 1.807) is 0 Å². The molecule has 0 bridgehead atoms. The van der Waals surface area contributed by atoms with E-state index in [0.29, 0.717) is 0 Å². The highest BCUT2D eigenvalue weighted by Crippen LogP contribution is 2.24. The summed E-state index contributed by atoms with van der Waals surface area (Å²) in [6.45, 7) is 1.05. The van der Waals surface area contributed by atoms with E-state index in [-0.39, 0.29) is 0 Å². The van der Waals surface area contributed by atoms with Crippen molar-refractivity contribution in [2.75, 3.05) is 0 Å². The van der Waals surface area contributed by atoms with E-state index in [2.05, 4.69) is 0 Å². The molecule has 0 aliphatic rings. The minimum atomic E-state index is -5.57. The molecule has 0 aromatic rings. The Kier molecular flexibility index (Phi) is 2.65. The van der Waals surface area contributed by atoms with Crippen LogP contribution in [0.3, 0.4) is 0 Å². The van der Waals surface area contributed by atoms with E-state index in [9.17, 15) is 26.4 Å². The van der Waals surface area contributed by atoms with Crippen molar-refractivity contribution in [2.24, 2.45) is 0 Å². The molecule has 0 amide bonds. The highest BCUT2D eigenvalue weighted by Gasteiger charge is 2.49. The van der Waals surface area contributed by atoms with E-state index < -0.39 is 26.9 Å². The van der Waals surface area contributed by atoms with Crippen LogP contribution < -0.4 is 0 Å². The minimum Gasteiger partial charge on any atom is -0.281 e. The summed E-state index contributed by atoms with van der Waals surface area (Å²) in [5.74, 6) is 0. The van der Waals surface area contributed by atoms with Crippen LogP contribution in [0.5, 0.6) is 0 Å². The fraction of sp³-hybridized carbons (Fsp3) is 0.750. The number of rotatable bonds is 1. The molecule has 0 aliphatic heterocycles. The van der Waals surface area contributed by atoms with Crippen LogP contribution in [0.4, 0.5) is 13.2 Å². The van der Waals surface area contributed by atoms with Crippen LogP contribution in [-0.4, -0.2) is 19.0 Å². The highest BCUT2D eigenvalue weighted by atomic mass is 32.2. The summed E-state index contributed by atoms with van der Waals surface area (Å²) in [6, 6.07) is 0. The SMILES string of the molecule is CCC(=O)S(=O)(=O)C(F)(F)F. The fourth-order valence-corrected chi connectivity index (χ4v) is 0.957. The van der Waals surface area contributed by atoms with Gasteiger partial charge in [0.15, 0.2) is 0 Å². The second-order valence-corrected chi connectivity index (χ2v) is 3.60. The number of carbonyl (C=O) groups excluding carboxylic acids is 1. The maximum atomic E-state index is 11.5. The average molecular weight is 190 g/mol. The molecular formula is C4H5F3O3S. The topological polar surface area (TPSA) is 51.2 Å². The maximum absolute atomic E-state index is 11.5. The zero-order valence-corrected chi connectivity index (χ0v) is 6.29. The van der Waals surface area contributed by atoms with Crippen LogP contribution in [0.2, 0.25) is 0 Å².